The van der Waals surface area contributed by atoms with Crippen molar-refractivity contribution in [3.63, 3.8) is 0 Å². The maximum atomic E-state index is 13.4. The lowest BCUT2D eigenvalue weighted by Gasteiger charge is -2.14. The standard InChI is InChI=1S/C31H20ClNO5S2/c32-24-12-14-25(15-13-24)40(36,37)38-28-16-11-22-6-3-4-8-26(22)27(28)18-29-30(34)33(31(35)39-29)19-20-9-10-21-5-1-2-7-23(21)17-20/h1-18H,19H2/b29-18-. The third-order valence-electron chi connectivity index (χ3n) is 6.54. The second-order valence-electron chi connectivity index (χ2n) is 9.14. The molecule has 40 heavy (non-hydrogen) atoms. The third kappa shape index (κ3) is 5.09. The van der Waals surface area contributed by atoms with Crippen LogP contribution in [0.4, 0.5) is 4.79 Å². The van der Waals surface area contributed by atoms with E-state index in [-0.39, 0.29) is 22.1 Å². The molecule has 0 saturated carbocycles. The van der Waals surface area contributed by atoms with E-state index < -0.39 is 21.3 Å². The number of thioether (sulfide) groups is 1. The summed E-state index contributed by atoms with van der Waals surface area (Å²) in [5.41, 5.74) is 1.21. The van der Waals surface area contributed by atoms with Crippen LogP contribution in [0.3, 0.4) is 0 Å². The fourth-order valence-corrected chi connectivity index (χ4v) is 6.45. The first-order valence-electron chi connectivity index (χ1n) is 12.2. The van der Waals surface area contributed by atoms with Gasteiger partial charge in [0.1, 0.15) is 4.90 Å². The van der Waals surface area contributed by atoms with E-state index in [1.165, 1.54) is 35.2 Å². The molecule has 0 radical (unpaired) electrons. The van der Waals surface area contributed by atoms with Gasteiger partial charge in [-0.1, -0.05) is 78.3 Å². The van der Waals surface area contributed by atoms with Crippen LogP contribution in [-0.2, 0) is 21.5 Å². The molecule has 0 aromatic heterocycles. The highest BCUT2D eigenvalue weighted by Crippen LogP contribution is 2.38. The van der Waals surface area contributed by atoms with E-state index in [0.717, 1.165) is 33.5 Å². The summed E-state index contributed by atoms with van der Waals surface area (Å²) in [6.45, 7) is 0.122. The molecular weight excluding hydrogens is 566 g/mol. The van der Waals surface area contributed by atoms with Crippen LogP contribution in [-0.4, -0.2) is 24.5 Å². The van der Waals surface area contributed by atoms with Gasteiger partial charge < -0.3 is 4.18 Å². The molecule has 6 rings (SSSR count). The highest BCUT2D eigenvalue weighted by atomic mass is 35.5. The van der Waals surface area contributed by atoms with E-state index in [0.29, 0.717) is 16.0 Å². The van der Waals surface area contributed by atoms with E-state index in [1.54, 1.807) is 12.1 Å². The summed E-state index contributed by atoms with van der Waals surface area (Å²) in [7, 11) is -4.21. The van der Waals surface area contributed by atoms with E-state index in [4.69, 9.17) is 15.8 Å². The van der Waals surface area contributed by atoms with E-state index in [9.17, 15) is 18.0 Å². The topological polar surface area (TPSA) is 80.8 Å². The predicted octanol–water partition coefficient (Wildman–Crippen LogP) is 7.65. The average Bonchev–Trinajstić information content (AvgIpc) is 3.21. The van der Waals surface area contributed by atoms with Gasteiger partial charge in [0.05, 0.1) is 11.4 Å². The number of benzene rings is 5. The maximum Gasteiger partial charge on any atom is 0.339 e. The van der Waals surface area contributed by atoms with Crippen LogP contribution >= 0.6 is 23.4 Å². The summed E-state index contributed by atoms with van der Waals surface area (Å²) in [6, 6.07) is 29.9. The number of carbonyl (C=O) groups excluding carboxylic acids is 2. The molecule has 1 saturated heterocycles. The Morgan fingerprint density at radius 2 is 1.48 bits per heavy atom. The highest BCUT2D eigenvalue weighted by Gasteiger charge is 2.35. The second kappa shape index (κ2) is 10.5. The molecule has 1 fully saturated rings. The molecule has 0 atom stereocenters. The molecule has 0 aliphatic carbocycles. The van der Waals surface area contributed by atoms with Crippen molar-refractivity contribution >= 4 is 72.2 Å². The molecule has 1 heterocycles. The minimum Gasteiger partial charge on any atom is -0.378 e. The van der Waals surface area contributed by atoms with Crippen molar-refractivity contribution in [2.24, 2.45) is 0 Å². The Kier molecular flexibility index (Phi) is 6.83. The number of carbonyl (C=O) groups is 2. The zero-order chi connectivity index (χ0) is 27.9. The van der Waals surface area contributed by atoms with Gasteiger partial charge >= 0.3 is 10.1 Å². The number of amides is 2. The van der Waals surface area contributed by atoms with Crippen LogP contribution in [0.25, 0.3) is 27.6 Å². The van der Waals surface area contributed by atoms with Gasteiger partial charge in [-0.15, -0.1) is 0 Å². The van der Waals surface area contributed by atoms with E-state index >= 15 is 0 Å². The molecule has 0 spiro atoms. The number of hydrogen-bond acceptors (Lipinski definition) is 6. The van der Waals surface area contributed by atoms with Gasteiger partial charge in [0.25, 0.3) is 11.1 Å². The quantitative estimate of drug-likeness (QED) is 0.150. The van der Waals surface area contributed by atoms with Crippen LogP contribution < -0.4 is 4.18 Å². The van der Waals surface area contributed by atoms with E-state index in [1.807, 2.05) is 66.7 Å². The second-order valence-corrected chi connectivity index (χ2v) is 12.1. The largest absolute Gasteiger partial charge is 0.378 e. The molecule has 5 aromatic rings. The Hall–Kier alpha value is -4.11. The number of halogens is 1. The summed E-state index contributed by atoms with van der Waals surface area (Å²) in [5, 5.41) is 3.57. The zero-order valence-electron chi connectivity index (χ0n) is 20.8. The van der Waals surface area contributed by atoms with E-state index in [2.05, 4.69) is 0 Å². The number of nitrogens with zero attached hydrogens (tertiary/aromatic N) is 1. The minimum atomic E-state index is -4.21. The Morgan fingerprint density at radius 1 is 0.800 bits per heavy atom. The number of fused-ring (bicyclic) bond motifs is 2. The van der Waals surface area contributed by atoms with Gasteiger partial charge in [-0.05, 0) is 81.3 Å². The Bertz CT molecular complexity index is 1950. The van der Waals surface area contributed by atoms with Crippen LogP contribution in [0.5, 0.6) is 5.75 Å². The molecule has 198 valence electrons. The smallest absolute Gasteiger partial charge is 0.339 e. The van der Waals surface area contributed by atoms with Crippen LogP contribution in [0.15, 0.2) is 113 Å². The SMILES string of the molecule is O=C1S/C(=C\c2c(OS(=O)(=O)c3ccc(Cl)cc3)ccc3ccccc23)C(=O)N1Cc1ccc2ccccc2c1. The van der Waals surface area contributed by atoms with Crippen molar-refractivity contribution < 1.29 is 22.2 Å². The Balaban J connectivity index is 1.36. The van der Waals surface area contributed by atoms with Gasteiger partial charge in [0, 0.05) is 10.6 Å². The Morgan fingerprint density at radius 3 is 2.25 bits per heavy atom. The van der Waals surface area contributed by atoms with Crippen molar-refractivity contribution in [2.75, 3.05) is 0 Å². The summed E-state index contributed by atoms with van der Waals surface area (Å²) in [5.74, 6) is -0.419. The predicted molar refractivity (Wildman–Crippen MR) is 159 cm³/mol. The van der Waals surface area contributed by atoms with Crippen molar-refractivity contribution in [1.82, 2.24) is 4.90 Å². The molecule has 9 heteroatoms. The summed E-state index contributed by atoms with van der Waals surface area (Å²) < 4.78 is 31.7. The fourth-order valence-electron chi connectivity index (χ4n) is 4.55. The zero-order valence-corrected chi connectivity index (χ0v) is 23.2. The molecule has 5 aromatic carbocycles. The first kappa shape index (κ1) is 26.1. The van der Waals surface area contributed by atoms with Crippen LogP contribution in [0, 0.1) is 0 Å². The van der Waals surface area contributed by atoms with Crippen molar-refractivity contribution in [2.45, 2.75) is 11.4 Å². The first-order chi connectivity index (χ1) is 19.3. The number of imide groups is 1. The monoisotopic (exact) mass is 585 g/mol. The lowest BCUT2D eigenvalue weighted by Crippen LogP contribution is -2.27. The van der Waals surface area contributed by atoms with Gasteiger partial charge in [0.2, 0.25) is 0 Å². The Labute approximate surface area is 239 Å². The molecule has 0 unspecified atom stereocenters. The van der Waals surface area contributed by atoms with Crippen LogP contribution in [0.1, 0.15) is 11.1 Å². The van der Waals surface area contributed by atoms with Gasteiger partial charge in [-0.2, -0.15) is 8.42 Å². The summed E-state index contributed by atoms with van der Waals surface area (Å²) >= 11 is 6.72. The van der Waals surface area contributed by atoms with Gasteiger partial charge in [0.15, 0.2) is 5.75 Å². The molecular formula is C31H20ClNO5S2. The van der Waals surface area contributed by atoms with Crippen molar-refractivity contribution in [3.05, 3.63) is 124 Å². The van der Waals surface area contributed by atoms with Crippen molar-refractivity contribution in [3.8, 4) is 5.75 Å². The molecule has 1 aliphatic heterocycles. The highest BCUT2D eigenvalue weighted by molar-refractivity contribution is 8.18. The minimum absolute atomic E-state index is 0.0370. The summed E-state index contributed by atoms with van der Waals surface area (Å²) in [4.78, 5) is 27.7. The molecule has 0 bridgehead atoms. The third-order valence-corrected chi connectivity index (χ3v) is 8.94. The number of rotatable bonds is 6. The fraction of sp³-hybridized carbons (Fsp3) is 0.0323. The molecule has 1 aliphatic rings. The molecule has 2 amide bonds. The van der Waals surface area contributed by atoms with Crippen molar-refractivity contribution in [1.29, 1.82) is 0 Å². The molecule has 6 nitrogen and oxygen atoms in total. The lowest BCUT2D eigenvalue weighted by atomic mass is 10.0. The van der Waals surface area contributed by atoms with Crippen LogP contribution in [0.2, 0.25) is 5.02 Å². The van der Waals surface area contributed by atoms with Gasteiger partial charge in [-0.25, -0.2) is 0 Å². The molecule has 0 N–H and O–H groups in total. The average molecular weight is 586 g/mol. The maximum absolute atomic E-state index is 13.4. The lowest BCUT2D eigenvalue weighted by molar-refractivity contribution is -0.123. The normalized spacial score (nSPS) is 14.9. The number of hydrogen-bond donors (Lipinski definition) is 0. The van der Waals surface area contributed by atoms with Gasteiger partial charge in [-0.3, -0.25) is 14.5 Å². The summed E-state index contributed by atoms with van der Waals surface area (Å²) in [6.07, 6.45) is 1.53. The first-order valence-corrected chi connectivity index (χ1v) is 14.8.